The van der Waals surface area contributed by atoms with E-state index in [4.69, 9.17) is 5.11 Å². The Morgan fingerprint density at radius 2 is 1.63 bits per heavy atom. The van der Waals surface area contributed by atoms with E-state index in [1.807, 2.05) is 0 Å². The maximum absolute atomic E-state index is 13.0. The summed E-state index contributed by atoms with van der Waals surface area (Å²) < 4.78 is 40.1. The maximum atomic E-state index is 13.0. The molecule has 0 saturated heterocycles. The summed E-state index contributed by atoms with van der Waals surface area (Å²) in [5.74, 6) is -2.97. The fourth-order valence-corrected chi connectivity index (χ4v) is 3.66. The van der Waals surface area contributed by atoms with Crippen molar-refractivity contribution in [2.24, 2.45) is 0 Å². The van der Waals surface area contributed by atoms with Crippen LogP contribution < -0.4 is 15.4 Å². The number of anilines is 1. The van der Waals surface area contributed by atoms with Gasteiger partial charge in [0.15, 0.2) is 0 Å². The van der Waals surface area contributed by atoms with E-state index in [0.29, 0.717) is 5.69 Å². The molecule has 160 valence electrons. The molecule has 0 aliphatic rings. The number of carboxylic acid groups (broad SMARTS) is 1. The van der Waals surface area contributed by atoms with E-state index in [1.165, 1.54) is 24.3 Å². The van der Waals surface area contributed by atoms with Crippen LogP contribution in [0.25, 0.3) is 0 Å². The molecular weight excluding hydrogens is 417 g/mol. The molecule has 1 unspecified atom stereocenters. The van der Waals surface area contributed by atoms with Gasteiger partial charge in [0.25, 0.3) is 5.91 Å². The van der Waals surface area contributed by atoms with Crippen LogP contribution in [0, 0.1) is 5.82 Å². The number of halogens is 1. The summed E-state index contributed by atoms with van der Waals surface area (Å²) in [5.41, 5.74) is 0.507. The summed E-state index contributed by atoms with van der Waals surface area (Å²) in [4.78, 5) is 34.6. The molecule has 0 aliphatic heterocycles. The zero-order chi connectivity index (χ0) is 22.3. The maximum Gasteiger partial charge on any atom is 0.322 e. The van der Waals surface area contributed by atoms with Gasteiger partial charge in [0.05, 0.1) is 4.90 Å². The van der Waals surface area contributed by atoms with Crippen LogP contribution in [-0.2, 0) is 19.6 Å². The fourth-order valence-electron chi connectivity index (χ4n) is 2.38. The quantitative estimate of drug-likeness (QED) is 0.466. The van der Waals surface area contributed by atoms with E-state index in [9.17, 15) is 27.2 Å². The van der Waals surface area contributed by atoms with Gasteiger partial charge < -0.3 is 15.7 Å². The van der Waals surface area contributed by atoms with Gasteiger partial charge >= 0.3 is 5.97 Å². The number of carbonyl (C=O) groups excluding carboxylic acids is 2. The molecule has 0 saturated carbocycles. The van der Waals surface area contributed by atoms with Crippen molar-refractivity contribution in [3.8, 4) is 0 Å². The minimum atomic E-state index is -4.04. The van der Waals surface area contributed by atoms with Crippen LogP contribution in [0.4, 0.5) is 10.1 Å². The Balaban J connectivity index is 2.03. The molecule has 11 heteroatoms. The normalized spacial score (nSPS) is 12.1. The Hall–Kier alpha value is -3.31. The zero-order valence-electron chi connectivity index (χ0n) is 15.9. The standard InChI is InChI=1S/C19H20FN3O6S/c1-2-16(23-30(28,29)15-9-5-13(20)6-10-15)19(27)22-14-7-3-12(4-8-14)18(26)21-11-17(24)25/h3-10,16,23H,2,11H2,1H3,(H,21,26)(H,22,27)(H,24,25). The average Bonchev–Trinajstić information content (AvgIpc) is 2.71. The molecule has 2 aromatic carbocycles. The number of carbonyl (C=O) groups is 3. The number of carboxylic acids is 1. The van der Waals surface area contributed by atoms with Crippen LogP contribution >= 0.6 is 0 Å². The van der Waals surface area contributed by atoms with E-state index in [-0.39, 0.29) is 16.9 Å². The second-order valence-electron chi connectivity index (χ2n) is 6.18. The molecule has 30 heavy (non-hydrogen) atoms. The Labute approximate surface area is 172 Å². The lowest BCUT2D eigenvalue weighted by Crippen LogP contribution is -2.43. The molecule has 0 aliphatic carbocycles. The molecular formula is C19H20FN3O6S. The summed E-state index contributed by atoms with van der Waals surface area (Å²) in [5, 5.41) is 13.3. The number of nitrogens with one attached hydrogen (secondary N) is 3. The largest absolute Gasteiger partial charge is 0.480 e. The summed E-state index contributed by atoms with van der Waals surface area (Å²) in [6.07, 6.45) is 0.155. The highest BCUT2D eigenvalue weighted by Crippen LogP contribution is 2.13. The molecule has 2 rings (SSSR count). The predicted molar refractivity (Wildman–Crippen MR) is 106 cm³/mol. The highest BCUT2D eigenvalue weighted by atomic mass is 32.2. The SMILES string of the molecule is CCC(NS(=O)(=O)c1ccc(F)cc1)C(=O)Nc1ccc(C(=O)NCC(=O)O)cc1. The lowest BCUT2D eigenvalue weighted by atomic mass is 10.1. The summed E-state index contributed by atoms with van der Waals surface area (Å²) in [6.45, 7) is 1.09. The van der Waals surface area contributed by atoms with Gasteiger partial charge in [-0.05, 0) is 55.0 Å². The molecule has 2 aromatic rings. The van der Waals surface area contributed by atoms with Crippen LogP contribution in [0.1, 0.15) is 23.7 Å². The van der Waals surface area contributed by atoms with E-state index in [0.717, 1.165) is 24.3 Å². The Bertz CT molecular complexity index is 1020. The second kappa shape index (κ2) is 9.94. The van der Waals surface area contributed by atoms with Crippen LogP contribution in [0.15, 0.2) is 53.4 Å². The van der Waals surface area contributed by atoms with Gasteiger partial charge in [0, 0.05) is 11.3 Å². The smallest absolute Gasteiger partial charge is 0.322 e. The first kappa shape index (κ1) is 23.0. The van der Waals surface area contributed by atoms with E-state index < -0.39 is 46.2 Å². The molecule has 0 aromatic heterocycles. The van der Waals surface area contributed by atoms with Gasteiger partial charge in [-0.15, -0.1) is 0 Å². The first-order valence-corrected chi connectivity index (χ1v) is 10.3. The van der Waals surface area contributed by atoms with Gasteiger partial charge in [0.2, 0.25) is 15.9 Å². The third kappa shape index (κ3) is 6.36. The summed E-state index contributed by atoms with van der Waals surface area (Å²) in [6, 6.07) is 8.73. The number of hydrogen-bond donors (Lipinski definition) is 4. The number of amides is 2. The summed E-state index contributed by atoms with van der Waals surface area (Å²) >= 11 is 0. The molecule has 4 N–H and O–H groups in total. The zero-order valence-corrected chi connectivity index (χ0v) is 16.7. The number of aliphatic carboxylic acids is 1. The average molecular weight is 437 g/mol. The lowest BCUT2D eigenvalue weighted by Gasteiger charge is -2.17. The highest BCUT2D eigenvalue weighted by molar-refractivity contribution is 7.89. The van der Waals surface area contributed by atoms with Crippen molar-refractivity contribution in [2.75, 3.05) is 11.9 Å². The number of hydrogen-bond acceptors (Lipinski definition) is 5. The molecule has 0 heterocycles. The Morgan fingerprint density at radius 3 is 2.17 bits per heavy atom. The van der Waals surface area contributed by atoms with E-state index in [1.54, 1.807) is 6.92 Å². The first-order valence-electron chi connectivity index (χ1n) is 8.81. The molecule has 0 bridgehead atoms. The van der Waals surface area contributed by atoms with Gasteiger partial charge in [-0.2, -0.15) is 4.72 Å². The van der Waals surface area contributed by atoms with Crippen LogP contribution in [-0.4, -0.2) is 43.9 Å². The van der Waals surface area contributed by atoms with Gasteiger partial charge in [-0.3, -0.25) is 14.4 Å². The van der Waals surface area contributed by atoms with Crippen LogP contribution in [0.5, 0.6) is 0 Å². The molecule has 2 amide bonds. The number of sulfonamides is 1. The van der Waals surface area contributed by atoms with Crippen molar-refractivity contribution in [1.29, 1.82) is 0 Å². The van der Waals surface area contributed by atoms with Crippen LogP contribution in [0.3, 0.4) is 0 Å². The van der Waals surface area contributed by atoms with Crippen molar-refractivity contribution in [3.05, 3.63) is 59.9 Å². The van der Waals surface area contributed by atoms with Gasteiger partial charge in [0.1, 0.15) is 18.4 Å². The third-order valence-electron chi connectivity index (χ3n) is 3.96. The van der Waals surface area contributed by atoms with Crippen LogP contribution in [0.2, 0.25) is 0 Å². The van der Waals surface area contributed by atoms with Crippen molar-refractivity contribution < 1.29 is 32.3 Å². The molecule has 1 atom stereocenters. The number of rotatable bonds is 9. The van der Waals surface area contributed by atoms with E-state index >= 15 is 0 Å². The highest BCUT2D eigenvalue weighted by Gasteiger charge is 2.24. The van der Waals surface area contributed by atoms with Gasteiger partial charge in [-0.1, -0.05) is 6.92 Å². The first-order chi connectivity index (χ1) is 14.1. The van der Waals surface area contributed by atoms with E-state index in [2.05, 4.69) is 15.4 Å². The number of benzene rings is 2. The molecule has 9 nitrogen and oxygen atoms in total. The van der Waals surface area contributed by atoms with Gasteiger partial charge in [-0.25, -0.2) is 12.8 Å². The Morgan fingerprint density at radius 1 is 1.03 bits per heavy atom. The fraction of sp³-hybridized carbons (Fsp3) is 0.211. The van der Waals surface area contributed by atoms with Crippen molar-refractivity contribution in [2.45, 2.75) is 24.3 Å². The molecule has 0 radical (unpaired) electrons. The monoisotopic (exact) mass is 437 g/mol. The third-order valence-corrected chi connectivity index (χ3v) is 5.45. The Kier molecular flexibility index (Phi) is 7.61. The molecule has 0 spiro atoms. The lowest BCUT2D eigenvalue weighted by molar-refractivity contribution is -0.135. The predicted octanol–water partition coefficient (Wildman–Crippen LogP) is 1.34. The second-order valence-corrected chi connectivity index (χ2v) is 7.89. The minimum Gasteiger partial charge on any atom is -0.480 e. The van der Waals surface area contributed by atoms with Crippen molar-refractivity contribution >= 4 is 33.5 Å². The van der Waals surface area contributed by atoms with Crippen molar-refractivity contribution in [3.63, 3.8) is 0 Å². The summed E-state index contributed by atoms with van der Waals surface area (Å²) in [7, 11) is -4.04. The van der Waals surface area contributed by atoms with Crippen molar-refractivity contribution in [1.82, 2.24) is 10.0 Å². The minimum absolute atomic E-state index is 0.155. The topological polar surface area (TPSA) is 142 Å². The molecule has 0 fully saturated rings.